The first kappa shape index (κ1) is 10.1. The van der Waals surface area contributed by atoms with Crippen molar-refractivity contribution in [1.82, 2.24) is 9.38 Å². The number of imidazole rings is 1. The molecule has 2 rings (SSSR count). The van der Waals surface area contributed by atoms with Gasteiger partial charge in [0, 0.05) is 19.9 Å². The van der Waals surface area contributed by atoms with Crippen LogP contribution in [-0.2, 0) is 17.9 Å². The van der Waals surface area contributed by atoms with E-state index in [0.29, 0.717) is 13.2 Å². The van der Waals surface area contributed by atoms with Gasteiger partial charge in [0.1, 0.15) is 5.65 Å². The standard InChI is InChI=1S/C11H15N3O/c1-8-3-4-14-10(6-12)9(7-15-2)13-11(14)5-8/h3-5H,6-7,12H2,1-2H3. The second-order valence-corrected chi connectivity index (χ2v) is 3.57. The number of rotatable bonds is 3. The minimum atomic E-state index is 0.475. The zero-order valence-corrected chi connectivity index (χ0v) is 9.03. The maximum absolute atomic E-state index is 5.71. The summed E-state index contributed by atoms with van der Waals surface area (Å²) < 4.78 is 7.11. The minimum Gasteiger partial charge on any atom is -0.378 e. The first-order chi connectivity index (χ1) is 7.26. The van der Waals surface area contributed by atoms with Crippen molar-refractivity contribution in [3.8, 4) is 0 Å². The van der Waals surface area contributed by atoms with E-state index in [1.807, 2.05) is 29.7 Å². The normalized spacial score (nSPS) is 11.1. The highest BCUT2D eigenvalue weighted by molar-refractivity contribution is 5.45. The monoisotopic (exact) mass is 205 g/mol. The maximum Gasteiger partial charge on any atom is 0.137 e. The molecule has 0 saturated carbocycles. The molecule has 4 heteroatoms. The molecule has 0 spiro atoms. The number of aromatic nitrogens is 2. The van der Waals surface area contributed by atoms with E-state index < -0.39 is 0 Å². The predicted octanol–water partition coefficient (Wildman–Crippen LogP) is 1.25. The summed E-state index contributed by atoms with van der Waals surface area (Å²) in [5.41, 5.74) is 9.78. The Morgan fingerprint density at radius 1 is 1.53 bits per heavy atom. The van der Waals surface area contributed by atoms with Gasteiger partial charge in [-0.2, -0.15) is 0 Å². The number of hydrogen-bond acceptors (Lipinski definition) is 3. The third-order valence-electron chi connectivity index (χ3n) is 2.44. The summed E-state index contributed by atoms with van der Waals surface area (Å²) in [6, 6.07) is 4.09. The van der Waals surface area contributed by atoms with Crippen molar-refractivity contribution in [3.05, 3.63) is 35.3 Å². The lowest BCUT2D eigenvalue weighted by molar-refractivity contribution is 0.181. The Labute approximate surface area is 88.7 Å². The van der Waals surface area contributed by atoms with E-state index in [-0.39, 0.29) is 0 Å². The Morgan fingerprint density at radius 3 is 3.00 bits per heavy atom. The van der Waals surface area contributed by atoms with Crippen LogP contribution in [0.15, 0.2) is 18.3 Å². The molecule has 2 aromatic rings. The van der Waals surface area contributed by atoms with Gasteiger partial charge in [0.2, 0.25) is 0 Å². The molecule has 0 unspecified atom stereocenters. The summed E-state index contributed by atoms with van der Waals surface area (Å²) in [5.74, 6) is 0. The van der Waals surface area contributed by atoms with E-state index in [1.165, 1.54) is 5.56 Å². The number of aryl methyl sites for hydroxylation is 1. The van der Waals surface area contributed by atoms with Crippen molar-refractivity contribution in [1.29, 1.82) is 0 Å². The van der Waals surface area contributed by atoms with Crippen molar-refractivity contribution in [2.24, 2.45) is 5.73 Å². The lowest BCUT2D eigenvalue weighted by atomic mass is 10.3. The summed E-state index contributed by atoms with van der Waals surface area (Å²) in [5, 5.41) is 0. The first-order valence-electron chi connectivity index (χ1n) is 4.91. The highest BCUT2D eigenvalue weighted by Crippen LogP contribution is 2.14. The molecular formula is C11H15N3O. The summed E-state index contributed by atoms with van der Waals surface area (Å²) in [7, 11) is 1.66. The van der Waals surface area contributed by atoms with E-state index in [0.717, 1.165) is 17.0 Å². The van der Waals surface area contributed by atoms with Crippen LogP contribution in [0.25, 0.3) is 5.65 Å². The SMILES string of the molecule is COCc1nc2cc(C)ccn2c1CN. The number of nitrogens with zero attached hydrogens (tertiary/aromatic N) is 2. The second-order valence-electron chi connectivity index (χ2n) is 3.57. The summed E-state index contributed by atoms with van der Waals surface area (Å²) in [6.45, 7) is 3.03. The summed E-state index contributed by atoms with van der Waals surface area (Å²) in [4.78, 5) is 4.49. The molecule has 2 heterocycles. The Morgan fingerprint density at radius 2 is 2.33 bits per heavy atom. The average molecular weight is 205 g/mol. The number of hydrogen-bond donors (Lipinski definition) is 1. The van der Waals surface area contributed by atoms with Gasteiger partial charge in [-0.15, -0.1) is 0 Å². The van der Waals surface area contributed by atoms with Crippen molar-refractivity contribution < 1.29 is 4.74 Å². The minimum absolute atomic E-state index is 0.475. The van der Waals surface area contributed by atoms with E-state index in [2.05, 4.69) is 4.98 Å². The van der Waals surface area contributed by atoms with Gasteiger partial charge in [-0.1, -0.05) is 0 Å². The fourth-order valence-corrected chi connectivity index (χ4v) is 1.71. The molecule has 2 aromatic heterocycles. The molecule has 0 aromatic carbocycles. The van der Waals surface area contributed by atoms with Gasteiger partial charge in [0.15, 0.2) is 0 Å². The van der Waals surface area contributed by atoms with Gasteiger partial charge in [0.25, 0.3) is 0 Å². The molecule has 80 valence electrons. The fraction of sp³-hybridized carbons (Fsp3) is 0.364. The quantitative estimate of drug-likeness (QED) is 0.820. The second kappa shape index (κ2) is 4.00. The van der Waals surface area contributed by atoms with Crippen molar-refractivity contribution in [3.63, 3.8) is 0 Å². The lowest BCUT2D eigenvalue weighted by Crippen LogP contribution is -2.04. The molecule has 0 bridgehead atoms. The summed E-state index contributed by atoms with van der Waals surface area (Å²) >= 11 is 0. The number of fused-ring (bicyclic) bond motifs is 1. The molecule has 0 aliphatic rings. The average Bonchev–Trinajstić information content (AvgIpc) is 2.54. The number of ether oxygens (including phenoxy) is 1. The van der Waals surface area contributed by atoms with Gasteiger partial charge < -0.3 is 14.9 Å². The lowest BCUT2D eigenvalue weighted by Gasteiger charge is -2.01. The topological polar surface area (TPSA) is 52.5 Å². The van der Waals surface area contributed by atoms with Crippen LogP contribution in [0.2, 0.25) is 0 Å². The highest BCUT2D eigenvalue weighted by Gasteiger charge is 2.09. The molecule has 0 fully saturated rings. The van der Waals surface area contributed by atoms with Crippen molar-refractivity contribution in [2.45, 2.75) is 20.1 Å². The third-order valence-corrected chi connectivity index (χ3v) is 2.44. The Kier molecular flexibility index (Phi) is 2.70. The first-order valence-corrected chi connectivity index (χ1v) is 4.91. The van der Waals surface area contributed by atoms with Crippen molar-refractivity contribution >= 4 is 5.65 Å². The number of nitrogens with two attached hydrogens (primary N) is 1. The van der Waals surface area contributed by atoms with Gasteiger partial charge in [-0.3, -0.25) is 0 Å². The highest BCUT2D eigenvalue weighted by atomic mass is 16.5. The Hall–Kier alpha value is -1.39. The van der Waals surface area contributed by atoms with Crippen LogP contribution < -0.4 is 5.73 Å². The van der Waals surface area contributed by atoms with Gasteiger partial charge in [0.05, 0.1) is 18.0 Å². The molecule has 0 atom stereocenters. The zero-order valence-electron chi connectivity index (χ0n) is 9.03. The Balaban J connectivity index is 2.62. The van der Waals surface area contributed by atoms with Crippen LogP contribution in [0, 0.1) is 6.92 Å². The van der Waals surface area contributed by atoms with Crippen LogP contribution in [0.3, 0.4) is 0 Å². The molecule has 15 heavy (non-hydrogen) atoms. The van der Waals surface area contributed by atoms with E-state index >= 15 is 0 Å². The predicted molar refractivity (Wildman–Crippen MR) is 58.5 cm³/mol. The molecule has 0 saturated heterocycles. The maximum atomic E-state index is 5.71. The van der Waals surface area contributed by atoms with Crippen molar-refractivity contribution in [2.75, 3.05) is 7.11 Å². The Bertz CT molecular complexity index is 476. The zero-order chi connectivity index (χ0) is 10.8. The smallest absolute Gasteiger partial charge is 0.137 e. The molecular weight excluding hydrogens is 190 g/mol. The molecule has 2 N–H and O–H groups in total. The van der Waals surface area contributed by atoms with Crippen LogP contribution >= 0.6 is 0 Å². The molecule has 0 radical (unpaired) electrons. The molecule has 0 aliphatic heterocycles. The largest absolute Gasteiger partial charge is 0.378 e. The van der Waals surface area contributed by atoms with E-state index in [1.54, 1.807) is 7.11 Å². The number of pyridine rings is 1. The third kappa shape index (κ3) is 1.73. The van der Waals surface area contributed by atoms with Crippen LogP contribution in [0.1, 0.15) is 17.0 Å². The fourth-order valence-electron chi connectivity index (χ4n) is 1.71. The molecule has 0 amide bonds. The number of methoxy groups -OCH3 is 1. The van der Waals surface area contributed by atoms with Gasteiger partial charge >= 0.3 is 0 Å². The van der Waals surface area contributed by atoms with E-state index in [4.69, 9.17) is 10.5 Å². The molecule has 4 nitrogen and oxygen atoms in total. The van der Waals surface area contributed by atoms with Crippen LogP contribution in [0.5, 0.6) is 0 Å². The summed E-state index contributed by atoms with van der Waals surface area (Å²) in [6.07, 6.45) is 2.00. The van der Waals surface area contributed by atoms with Crippen LogP contribution in [0.4, 0.5) is 0 Å². The van der Waals surface area contributed by atoms with Gasteiger partial charge in [-0.05, 0) is 24.6 Å². The van der Waals surface area contributed by atoms with Crippen LogP contribution in [-0.4, -0.2) is 16.5 Å². The van der Waals surface area contributed by atoms with E-state index in [9.17, 15) is 0 Å². The van der Waals surface area contributed by atoms with Gasteiger partial charge in [-0.25, -0.2) is 4.98 Å². The molecule has 0 aliphatic carbocycles.